The van der Waals surface area contributed by atoms with Gasteiger partial charge in [0.1, 0.15) is 0 Å². The first kappa shape index (κ1) is 37.1. The van der Waals surface area contributed by atoms with Gasteiger partial charge in [0, 0.05) is 48.1 Å². The van der Waals surface area contributed by atoms with Gasteiger partial charge in [0.25, 0.3) is 0 Å². The summed E-state index contributed by atoms with van der Waals surface area (Å²) in [6.45, 7) is 1.97. The highest BCUT2D eigenvalue weighted by Crippen LogP contribution is 2.48. The Hall–Kier alpha value is -7.31. The van der Waals surface area contributed by atoms with Gasteiger partial charge in [-0.15, -0.1) is 0 Å². The van der Waals surface area contributed by atoms with Crippen LogP contribution in [0.15, 0.2) is 176 Å². The third-order valence-corrected chi connectivity index (χ3v) is 15.2. The van der Waals surface area contributed by atoms with E-state index < -0.39 is 0 Å². The number of likely N-dealkylation sites (N-methyl/N-ethyl adjacent to an activating group) is 2. The quantitative estimate of drug-likeness (QED) is 0.167. The SMILES string of the molecule is CNCC1c2ccccc2-c2cc3c(cc21)B(c1ccc2c4ccc(B5c6ccccc6-c6cc7c(cc65)C(CNC)c5ccccc5-7)cc4n(-c4ncccn4)c2c1)c1ccccc1-3. The van der Waals surface area contributed by atoms with Crippen LogP contribution in [-0.2, 0) is 0 Å². The molecule has 0 radical (unpaired) electrons. The van der Waals surface area contributed by atoms with Crippen LogP contribution in [0.3, 0.4) is 0 Å². The molecule has 10 aromatic rings. The van der Waals surface area contributed by atoms with Crippen LogP contribution >= 0.6 is 0 Å². The lowest BCUT2D eigenvalue weighted by Gasteiger charge is -2.17. The molecular weight excluding hydrogens is 788 g/mol. The minimum Gasteiger partial charge on any atom is -0.319 e. The van der Waals surface area contributed by atoms with Gasteiger partial charge in [-0.25, -0.2) is 9.97 Å². The van der Waals surface area contributed by atoms with E-state index in [-0.39, 0.29) is 13.4 Å². The maximum absolute atomic E-state index is 4.93. The van der Waals surface area contributed by atoms with Crippen LogP contribution < -0.4 is 43.4 Å². The minimum absolute atomic E-state index is 0.0830. The van der Waals surface area contributed by atoms with Crippen molar-refractivity contribution in [1.82, 2.24) is 25.2 Å². The summed E-state index contributed by atoms with van der Waals surface area (Å²) < 4.78 is 2.31. The Morgan fingerprint density at radius 1 is 0.415 bits per heavy atom. The molecule has 2 aliphatic carbocycles. The largest absolute Gasteiger partial charge is 0.319 e. The monoisotopic (exact) mass is 831 g/mol. The zero-order chi connectivity index (χ0) is 42.9. The summed E-state index contributed by atoms with van der Waals surface area (Å²) in [7, 11) is 4.13. The number of rotatable bonds is 7. The Balaban J connectivity index is 0.955. The molecule has 7 heteroatoms. The number of fused-ring (bicyclic) bond motifs is 15. The fourth-order valence-corrected chi connectivity index (χ4v) is 12.6. The summed E-state index contributed by atoms with van der Waals surface area (Å²) in [4.78, 5) is 9.86. The highest BCUT2D eigenvalue weighted by Gasteiger charge is 2.40. The number of benzene rings is 8. The molecule has 0 bridgehead atoms. The third kappa shape index (κ3) is 5.19. The van der Waals surface area contributed by atoms with Gasteiger partial charge >= 0.3 is 0 Å². The molecule has 4 heterocycles. The molecule has 65 heavy (non-hydrogen) atoms. The maximum atomic E-state index is 4.93. The topological polar surface area (TPSA) is 54.8 Å². The molecule has 2 aromatic heterocycles. The Kier molecular flexibility index (Phi) is 8.04. The maximum Gasteiger partial charge on any atom is 0.242 e. The summed E-state index contributed by atoms with van der Waals surface area (Å²) >= 11 is 0. The van der Waals surface area contributed by atoms with Gasteiger partial charge in [0.2, 0.25) is 19.4 Å². The van der Waals surface area contributed by atoms with Crippen molar-refractivity contribution in [1.29, 1.82) is 0 Å². The lowest BCUT2D eigenvalue weighted by Crippen LogP contribution is -2.49. The third-order valence-electron chi connectivity index (χ3n) is 15.2. The first-order valence-corrected chi connectivity index (χ1v) is 23.1. The normalized spacial score (nSPS) is 15.7. The summed E-state index contributed by atoms with van der Waals surface area (Å²) in [5.74, 6) is 1.29. The number of hydrogen-bond donors (Lipinski definition) is 2. The first-order valence-electron chi connectivity index (χ1n) is 23.1. The molecule has 306 valence electrons. The lowest BCUT2D eigenvalue weighted by atomic mass is 9.38. The first-order chi connectivity index (χ1) is 32.2. The van der Waals surface area contributed by atoms with E-state index in [4.69, 9.17) is 9.97 Å². The highest BCUT2D eigenvalue weighted by atomic mass is 15.1. The van der Waals surface area contributed by atoms with E-state index in [1.165, 1.54) is 110 Å². The molecule has 0 saturated carbocycles. The molecule has 8 aromatic carbocycles. The average molecular weight is 832 g/mol. The molecule has 2 aliphatic heterocycles. The van der Waals surface area contributed by atoms with Gasteiger partial charge in [0.15, 0.2) is 0 Å². The molecule has 0 saturated heterocycles. The van der Waals surface area contributed by atoms with E-state index >= 15 is 0 Å². The number of nitrogens with zero attached hydrogens (tertiary/aromatic N) is 3. The Morgan fingerprint density at radius 3 is 1.34 bits per heavy atom. The van der Waals surface area contributed by atoms with Crippen molar-refractivity contribution in [2.45, 2.75) is 11.8 Å². The molecule has 14 rings (SSSR count). The predicted octanol–water partition coefficient (Wildman–Crippen LogP) is 7.23. The molecular formula is C58H43B2N5. The van der Waals surface area contributed by atoms with Gasteiger partial charge in [-0.3, -0.25) is 4.57 Å². The van der Waals surface area contributed by atoms with Gasteiger partial charge < -0.3 is 10.6 Å². The molecule has 2 unspecified atom stereocenters. The van der Waals surface area contributed by atoms with Crippen molar-refractivity contribution in [3.63, 3.8) is 0 Å². The zero-order valence-corrected chi connectivity index (χ0v) is 36.3. The van der Waals surface area contributed by atoms with Crippen LogP contribution in [0.4, 0.5) is 0 Å². The van der Waals surface area contributed by atoms with Crippen LogP contribution in [0.1, 0.15) is 34.1 Å². The van der Waals surface area contributed by atoms with E-state index in [2.05, 4.69) is 187 Å². The fraction of sp³-hybridized carbons (Fsp3) is 0.103. The van der Waals surface area contributed by atoms with E-state index in [1.807, 2.05) is 18.5 Å². The number of nitrogens with one attached hydrogen (secondary N) is 2. The Bertz CT molecular complexity index is 3410. The zero-order valence-electron chi connectivity index (χ0n) is 36.3. The van der Waals surface area contributed by atoms with E-state index in [9.17, 15) is 0 Å². The molecule has 2 atom stereocenters. The van der Waals surface area contributed by atoms with Crippen LogP contribution in [0.2, 0.25) is 0 Å². The standard InChI is InChI=1S/C58H43B2N5/c1-61-32-50-38-14-5-3-12-36(38)44-28-48-40-16-7-9-18-52(40)59(54(48)30-46(44)50)34-20-22-42-43-23-21-35(27-57(43)65(56(42)26-34)58-63-24-11-25-64-58)60-53-19-10-8-17-41(53)49-29-45-37-13-4-6-15-39(37)51(33-62-2)47(45)31-55(49)60/h3-31,50-51,61-62H,32-33H2,1-2H3. The van der Waals surface area contributed by atoms with E-state index in [0.717, 1.165) is 24.1 Å². The van der Waals surface area contributed by atoms with Crippen molar-refractivity contribution in [3.8, 4) is 50.5 Å². The van der Waals surface area contributed by atoms with Gasteiger partial charge in [-0.05, 0) is 111 Å². The Morgan fingerprint density at radius 2 is 0.862 bits per heavy atom. The predicted molar refractivity (Wildman–Crippen MR) is 272 cm³/mol. The van der Waals surface area contributed by atoms with E-state index in [0.29, 0.717) is 17.8 Å². The molecule has 0 spiro atoms. The van der Waals surface area contributed by atoms with Crippen molar-refractivity contribution in [2.24, 2.45) is 0 Å². The van der Waals surface area contributed by atoms with Gasteiger partial charge in [-0.2, -0.15) is 0 Å². The number of aromatic nitrogens is 3. The summed E-state index contributed by atoms with van der Waals surface area (Å²) in [5.41, 5.74) is 26.7. The fourth-order valence-electron chi connectivity index (χ4n) is 12.6. The molecule has 0 amide bonds. The summed E-state index contributed by atoms with van der Waals surface area (Å²) in [6.07, 6.45) is 3.72. The number of hydrogen-bond acceptors (Lipinski definition) is 4. The van der Waals surface area contributed by atoms with Gasteiger partial charge in [-0.1, -0.05) is 166 Å². The Labute approximate surface area is 379 Å². The van der Waals surface area contributed by atoms with Crippen LogP contribution in [0.25, 0.3) is 72.3 Å². The summed E-state index contributed by atoms with van der Waals surface area (Å²) in [5, 5.41) is 9.41. The van der Waals surface area contributed by atoms with Gasteiger partial charge in [0.05, 0.1) is 11.0 Å². The highest BCUT2D eigenvalue weighted by molar-refractivity contribution is 7.00. The van der Waals surface area contributed by atoms with Crippen molar-refractivity contribution >= 4 is 68.0 Å². The smallest absolute Gasteiger partial charge is 0.242 e. The average Bonchev–Trinajstić information content (AvgIpc) is 4.12. The van der Waals surface area contributed by atoms with Crippen LogP contribution in [-0.4, -0.2) is 55.1 Å². The van der Waals surface area contributed by atoms with Crippen LogP contribution in [0.5, 0.6) is 0 Å². The molecule has 4 aliphatic rings. The summed E-state index contributed by atoms with van der Waals surface area (Å²) in [6, 6.07) is 62.3. The molecule has 0 fully saturated rings. The second kappa shape index (κ2) is 14.1. The van der Waals surface area contributed by atoms with E-state index in [1.54, 1.807) is 0 Å². The second-order valence-corrected chi connectivity index (χ2v) is 18.4. The van der Waals surface area contributed by atoms with Crippen molar-refractivity contribution in [2.75, 3.05) is 27.2 Å². The lowest BCUT2D eigenvalue weighted by molar-refractivity contribution is 0.720. The molecule has 5 nitrogen and oxygen atoms in total. The van der Waals surface area contributed by atoms with Crippen LogP contribution in [0, 0.1) is 0 Å². The second-order valence-electron chi connectivity index (χ2n) is 18.4. The van der Waals surface area contributed by atoms with Crippen molar-refractivity contribution in [3.05, 3.63) is 198 Å². The molecule has 2 N–H and O–H groups in total. The van der Waals surface area contributed by atoms with Crippen molar-refractivity contribution < 1.29 is 0 Å². The minimum atomic E-state index is 0.0830.